The molecule has 1 fully saturated rings. The maximum absolute atomic E-state index is 15.4. The van der Waals surface area contributed by atoms with Crippen molar-refractivity contribution in [2.75, 3.05) is 45.2 Å². The van der Waals surface area contributed by atoms with Crippen LogP contribution in [0.2, 0.25) is 0 Å². The average molecular weight is 709 g/mol. The van der Waals surface area contributed by atoms with E-state index in [1.54, 1.807) is 26.2 Å². The number of benzene rings is 3. The van der Waals surface area contributed by atoms with Gasteiger partial charge in [-0.15, -0.1) is 0 Å². The molecule has 2 amide bonds. The van der Waals surface area contributed by atoms with Crippen molar-refractivity contribution in [1.82, 2.24) is 15.2 Å². The third kappa shape index (κ3) is 10.2. The van der Waals surface area contributed by atoms with Crippen LogP contribution in [0.1, 0.15) is 47.3 Å². The number of hydrogen-bond donors (Lipinski definition) is 2. The van der Waals surface area contributed by atoms with Crippen LogP contribution in [0.5, 0.6) is 17.4 Å². The Morgan fingerprint density at radius 3 is 2.47 bits per heavy atom. The van der Waals surface area contributed by atoms with Gasteiger partial charge in [0.1, 0.15) is 23.9 Å². The summed E-state index contributed by atoms with van der Waals surface area (Å²) in [6.45, 7) is 7.17. The van der Waals surface area contributed by atoms with Crippen LogP contribution in [0, 0.1) is 11.7 Å². The van der Waals surface area contributed by atoms with E-state index in [-0.39, 0.29) is 30.0 Å². The third-order valence-electron chi connectivity index (χ3n) is 8.43. The summed E-state index contributed by atoms with van der Waals surface area (Å²) in [4.78, 5) is 32.3. The number of amides is 2. The molecule has 1 atom stereocenters. The van der Waals surface area contributed by atoms with Gasteiger partial charge in [-0.1, -0.05) is 31.2 Å². The van der Waals surface area contributed by atoms with Crippen LogP contribution < -0.4 is 24.8 Å². The molecule has 1 aliphatic rings. The molecule has 0 bridgehead atoms. The highest BCUT2D eigenvalue weighted by Gasteiger charge is 2.32. The number of nitrogens with one attached hydrogen (secondary N) is 2. The van der Waals surface area contributed by atoms with Crippen molar-refractivity contribution in [1.29, 1.82) is 0 Å². The Hall–Kier alpha value is -5.17. The van der Waals surface area contributed by atoms with Crippen LogP contribution >= 0.6 is 0 Å². The van der Waals surface area contributed by atoms with E-state index in [1.165, 1.54) is 24.4 Å². The molecule has 0 saturated carbocycles. The topological polar surface area (TPSA) is 102 Å². The summed E-state index contributed by atoms with van der Waals surface area (Å²) in [5.41, 5.74) is 0.273. The van der Waals surface area contributed by atoms with Crippen molar-refractivity contribution >= 4 is 17.5 Å². The van der Waals surface area contributed by atoms with Crippen LogP contribution in [0.4, 0.5) is 23.2 Å². The van der Waals surface area contributed by atoms with E-state index in [9.17, 15) is 22.8 Å². The van der Waals surface area contributed by atoms with Crippen LogP contribution in [0.15, 0.2) is 72.9 Å². The first-order chi connectivity index (χ1) is 24.4. The number of carbonyl (C=O) groups excluding carboxylic acids is 2. The number of carbonyl (C=O) groups is 2. The summed E-state index contributed by atoms with van der Waals surface area (Å²) in [5.74, 6) is -0.156. The minimum atomic E-state index is -4.76. The number of anilines is 1. The Balaban J connectivity index is 1.24. The Morgan fingerprint density at radius 1 is 1.02 bits per heavy atom. The summed E-state index contributed by atoms with van der Waals surface area (Å²) in [6.07, 6.45) is -2.67. The molecule has 4 aromatic rings. The van der Waals surface area contributed by atoms with E-state index in [0.29, 0.717) is 41.8 Å². The molecular formula is C38H40F4N4O5. The van der Waals surface area contributed by atoms with Crippen molar-refractivity contribution < 1.29 is 41.4 Å². The van der Waals surface area contributed by atoms with Gasteiger partial charge in [0.15, 0.2) is 0 Å². The lowest BCUT2D eigenvalue weighted by Crippen LogP contribution is -2.34. The molecule has 0 unspecified atom stereocenters. The van der Waals surface area contributed by atoms with E-state index < -0.39 is 35.8 Å². The first-order valence-corrected chi connectivity index (χ1v) is 16.6. The summed E-state index contributed by atoms with van der Waals surface area (Å²) >= 11 is 0. The standard InChI is InChI=1S/C38H40F4N4O5/c1-4-50-34-20-36(51-23-25-5-9-31(49-3)10-6-25)44-21-32(34)26-7-8-27(33(39)17-26)18-35(47)45-30-16-28(15-29(19-30)38(40,41)42)37(48)43-12-14-46-13-11-24(2)22-46/h5-10,15-17,19-21,24H,4,11-14,18,22-23H2,1-3H3,(H,43,48)(H,45,47)/t24-/m0/s1. The van der Waals surface area contributed by atoms with E-state index >= 15 is 4.39 Å². The average Bonchev–Trinajstić information content (AvgIpc) is 3.52. The quantitative estimate of drug-likeness (QED) is 0.134. The van der Waals surface area contributed by atoms with Gasteiger partial charge in [0, 0.05) is 48.7 Å². The first-order valence-electron chi connectivity index (χ1n) is 16.6. The molecule has 5 rings (SSSR count). The molecule has 0 spiro atoms. The van der Waals surface area contributed by atoms with Gasteiger partial charge in [0.2, 0.25) is 11.8 Å². The zero-order chi connectivity index (χ0) is 36.5. The van der Waals surface area contributed by atoms with Gasteiger partial charge in [0.25, 0.3) is 5.91 Å². The van der Waals surface area contributed by atoms with Crippen LogP contribution in [0.25, 0.3) is 11.1 Å². The molecule has 2 N–H and O–H groups in total. The van der Waals surface area contributed by atoms with Gasteiger partial charge in [-0.3, -0.25) is 9.59 Å². The van der Waals surface area contributed by atoms with E-state index in [2.05, 4.69) is 27.4 Å². The highest BCUT2D eigenvalue weighted by Crippen LogP contribution is 2.34. The molecule has 0 aliphatic carbocycles. The molecule has 9 nitrogen and oxygen atoms in total. The number of ether oxygens (including phenoxy) is 3. The van der Waals surface area contributed by atoms with Crippen LogP contribution in [-0.4, -0.2) is 61.6 Å². The van der Waals surface area contributed by atoms with E-state index in [1.807, 2.05) is 24.3 Å². The minimum Gasteiger partial charge on any atom is -0.497 e. The summed E-state index contributed by atoms with van der Waals surface area (Å²) in [6, 6.07) is 15.9. The van der Waals surface area contributed by atoms with Crippen molar-refractivity contribution in [3.05, 3.63) is 101 Å². The lowest BCUT2D eigenvalue weighted by atomic mass is 10.0. The first kappa shape index (κ1) is 37.1. The largest absolute Gasteiger partial charge is 0.497 e. The fraction of sp³-hybridized carbons (Fsp3) is 0.342. The lowest BCUT2D eigenvalue weighted by Gasteiger charge is -2.16. The number of halogens is 4. The molecule has 1 aliphatic heterocycles. The zero-order valence-corrected chi connectivity index (χ0v) is 28.6. The SMILES string of the molecule is CCOc1cc(OCc2ccc(OC)cc2)ncc1-c1ccc(CC(=O)Nc2cc(C(=O)NCCN3CC[C@H](C)C3)cc(C(F)(F)F)c2)c(F)c1. The molecule has 3 aromatic carbocycles. The van der Waals surface area contributed by atoms with Gasteiger partial charge in [-0.05, 0) is 78.9 Å². The van der Waals surface area contributed by atoms with E-state index in [4.69, 9.17) is 14.2 Å². The number of methoxy groups -OCH3 is 1. The summed E-state index contributed by atoms with van der Waals surface area (Å²) in [5, 5.41) is 5.06. The molecule has 1 saturated heterocycles. The maximum atomic E-state index is 15.4. The van der Waals surface area contributed by atoms with Crippen LogP contribution in [0.3, 0.4) is 0 Å². The number of aromatic nitrogens is 1. The van der Waals surface area contributed by atoms with Gasteiger partial charge in [-0.25, -0.2) is 9.37 Å². The third-order valence-corrected chi connectivity index (χ3v) is 8.43. The van der Waals surface area contributed by atoms with Gasteiger partial charge in [-0.2, -0.15) is 13.2 Å². The molecule has 1 aromatic heterocycles. The van der Waals surface area contributed by atoms with Crippen molar-refractivity contribution in [2.24, 2.45) is 5.92 Å². The lowest BCUT2D eigenvalue weighted by molar-refractivity contribution is -0.137. The van der Waals surface area contributed by atoms with Gasteiger partial charge < -0.3 is 29.7 Å². The summed E-state index contributed by atoms with van der Waals surface area (Å²) < 4.78 is 73.3. The fourth-order valence-corrected chi connectivity index (χ4v) is 5.76. The number of pyridine rings is 1. The number of rotatable bonds is 14. The molecule has 51 heavy (non-hydrogen) atoms. The zero-order valence-electron chi connectivity index (χ0n) is 28.6. The molecule has 13 heteroatoms. The Morgan fingerprint density at radius 2 is 1.80 bits per heavy atom. The highest BCUT2D eigenvalue weighted by atomic mass is 19.4. The van der Waals surface area contributed by atoms with Crippen molar-refractivity contribution in [3.63, 3.8) is 0 Å². The predicted octanol–water partition coefficient (Wildman–Crippen LogP) is 7.15. The second kappa shape index (κ2) is 16.7. The van der Waals surface area contributed by atoms with Crippen LogP contribution in [-0.2, 0) is 24.0 Å². The second-order valence-corrected chi connectivity index (χ2v) is 12.4. The normalized spacial score (nSPS) is 14.6. The van der Waals surface area contributed by atoms with Gasteiger partial charge >= 0.3 is 6.18 Å². The maximum Gasteiger partial charge on any atom is 0.416 e. The number of likely N-dealkylation sites (tertiary alicyclic amines) is 1. The Labute approximate surface area is 293 Å². The Bertz CT molecular complexity index is 1830. The fourth-order valence-electron chi connectivity index (χ4n) is 5.76. The number of nitrogens with zero attached hydrogens (tertiary/aromatic N) is 2. The Kier molecular flexibility index (Phi) is 12.1. The van der Waals surface area contributed by atoms with Gasteiger partial charge in [0.05, 0.1) is 25.7 Å². The number of alkyl halides is 3. The highest BCUT2D eigenvalue weighted by molar-refractivity contribution is 5.98. The molecular weight excluding hydrogens is 668 g/mol. The minimum absolute atomic E-state index is 0.0165. The molecule has 270 valence electrons. The van der Waals surface area contributed by atoms with E-state index in [0.717, 1.165) is 43.0 Å². The predicted molar refractivity (Wildman–Crippen MR) is 184 cm³/mol. The monoisotopic (exact) mass is 708 g/mol. The second-order valence-electron chi connectivity index (χ2n) is 12.4. The van der Waals surface area contributed by atoms with Crippen molar-refractivity contribution in [2.45, 2.75) is 39.5 Å². The molecule has 2 heterocycles. The molecule has 0 radical (unpaired) electrons. The number of hydrogen-bond acceptors (Lipinski definition) is 7. The van der Waals surface area contributed by atoms with Crippen molar-refractivity contribution in [3.8, 4) is 28.5 Å². The summed E-state index contributed by atoms with van der Waals surface area (Å²) in [7, 11) is 1.59. The smallest absolute Gasteiger partial charge is 0.416 e.